The van der Waals surface area contributed by atoms with Gasteiger partial charge in [0.05, 0.1) is 12.1 Å². The molecule has 0 spiro atoms. The van der Waals surface area contributed by atoms with Crippen molar-refractivity contribution in [2.75, 3.05) is 0 Å². The van der Waals surface area contributed by atoms with Gasteiger partial charge < -0.3 is 5.32 Å². The number of rotatable bonds is 2. The van der Waals surface area contributed by atoms with Crippen LogP contribution in [0.4, 0.5) is 4.79 Å². The second-order valence-corrected chi connectivity index (χ2v) is 5.95. The van der Waals surface area contributed by atoms with E-state index >= 15 is 0 Å². The van der Waals surface area contributed by atoms with Gasteiger partial charge in [0.15, 0.2) is 0 Å². The van der Waals surface area contributed by atoms with E-state index in [2.05, 4.69) is 10.3 Å². The quantitative estimate of drug-likeness (QED) is 0.868. The maximum Gasteiger partial charge on any atom is 0.325 e. The number of imide groups is 1. The predicted molar refractivity (Wildman–Crippen MR) is 79.9 cm³/mol. The molecule has 108 valence electrons. The third-order valence-corrected chi connectivity index (χ3v) is 3.94. The van der Waals surface area contributed by atoms with Crippen LogP contribution in [0.3, 0.4) is 0 Å². The second kappa shape index (κ2) is 4.70. The molecule has 1 N–H and O–H groups in total. The molecule has 1 aliphatic heterocycles. The Hall–Kier alpha value is -2.14. The average molecular weight is 304 g/mol. The molecular formula is C15H14ClN3O2. The topological polar surface area (TPSA) is 62.3 Å². The monoisotopic (exact) mass is 303 g/mol. The third-order valence-electron chi connectivity index (χ3n) is 3.58. The van der Waals surface area contributed by atoms with Crippen LogP contribution in [0.2, 0.25) is 5.02 Å². The molecule has 1 aromatic heterocycles. The molecule has 6 heteroatoms. The fourth-order valence-electron chi connectivity index (χ4n) is 2.45. The zero-order valence-electron chi connectivity index (χ0n) is 11.7. The van der Waals surface area contributed by atoms with Gasteiger partial charge in [-0.3, -0.25) is 14.7 Å². The number of halogens is 1. The van der Waals surface area contributed by atoms with E-state index in [0.29, 0.717) is 16.1 Å². The number of fused-ring (bicyclic) bond motifs is 1. The largest absolute Gasteiger partial charge is 0.325 e. The highest BCUT2D eigenvalue weighted by molar-refractivity contribution is 6.32. The van der Waals surface area contributed by atoms with Gasteiger partial charge in [0.2, 0.25) is 0 Å². The molecule has 1 aromatic carbocycles. The molecule has 1 saturated heterocycles. The highest BCUT2D eigenvalue weighted by Crippen LogP contribution is 2.28. The van der Waals surface area contributed by atoms with Crippen LogP contribution in [0.25, 0.3) is 10.9 Å². The number of urea groups is 1. The summed E-state index contributed by atoms with van der Waals surface area (Å²) in [6, 6.07) is 6.96. The summed E-state index contributed by atoms with van der Waals surface area (Å²) in [5.74, 6) is -0.267. The Kier molecular flexibility index (Phi) is 3.10. The van der Waals surface area contributed by atoms with Crippen molar-refractivity contribution in [3.05, 3.63) is 41.0 Å². The maximum atomic E-state index is 12.3. The van der Waals surface area contributed by atoms with Crippen LogP contribution in [-0.4, -0.2) is 27.4 Å². The van der Waals surface area contributed by atoms with E-state index < -0.39 is 11.6 Å². The third kappa shape index (κ3) is 2.23. The van der Waals surface area contributed by atoms with Crippen molar-refractivity contribution in [2.45, 2.75) is 25.9 Å². The molecule has 5 nitrogen and oxygen atoms in total. The number of benzene rings is 1. The second-order valence-electron chi connectivity index (χ2n) is 5.55. The highest BCUT2D eigenvalue weighted by atomic mass is 35.5. The molecule has 0 atom stereocenters. The zero-order valence-corrected chi connectivity index (χ0v) is 12.4. The molecule has 2 heterocycles. The Labute approximate surface area is 126 Å². The maximum absolute atomic E-state index is 12.3. The minimum absolute atomic E-state index is 0.112. The average Bonchev–Trinajstić information content (AvgIpc) is 2.63. The van der Waals surface area contributed by atoms with Crippen LogP contribution >= 0.6 is 11.6 Å². The molecule has 2 aromatic rings. The summed E-state index contributed by atoms with van der Waals surface area (Å²) < 4.78 is 0. The lowest BCUT2D eigenvalue weighted by atomic mass is 10.1. The molecule has 3 rings (SSSR count). The van der Waals surface area contributed by atoms with Crippen molar-refractivity contribution in [1.82, 2.24) is 15.2 Å². The molecule has 3 amide bonds. The Bertz CT molecular complexity index is 758. The van der Waals surface area contributed by atoms with E-state index in [1.165, 1.54) is 4.90 Å². The van der Waals surface area contributed by atoms with Gasteiger partial charge in [-0.05, 0) is 26.0 Å². The van der Waals surface area contributed by atoms with Gasteiger partial charge in [-0.1, -0.05) is 23.7 Å². The van der Waals surface area contributed by atoms with Gasteiger partial charge in [-0.25, -0.2) is 4.79 Å². The van der Waals surface area contributed by atoms with E-state index in [0.717, 1.165) is 5.39 Å². The number of amides is 3. The van der Waals surface area contributed by atoms with Gasteiger partial charge in [0, 0.05) is 22.2 Å². The molecule has 1 fully saturated rings. The summed E-state index contributed by atoms with van der Waals surface area (Å²) in [7, 11) is 0. The SMILES string of the molecule is CC1(C)NC(=O)N(Cc2c(Cl)ccc3cccnc23)C1=O. The summed E-state index contributed by atoms with van der Waals surface area (Å²) >= 11 is 6.24. The molecular weight excluding hydrogens is 290 g/mol. The standard InChI is InChI=1S/C15H14ClN3O2/c1-15(2)13(20)19(14(21)18-15)8-10-11(16)6-5-9-4-3-7-17-12(9)10/h3-7H,8H2,1-2H3,(H,18,21). The van der Waals surface area contributed by atoms with Crippen LogP contribution in [0.1, 0.15) is 19.4 Å². The zero-order chi connectivity index (χ0) is 15.2. The van der Waals surface area contributed by atoms with Crippen LogP contribution < -0.4 is 5.32 Å². The Balaban J connectivity index is 2.05. The lowest BCUT2D eigenvalue weighted by Crippen LogP contribution is -2.40. The summed E-state index contributed by atoms with van der Waals surface area (Å²) in [6.07, 6.45) is 1.66. The van der Waals surface area contributed by atoms with E-state index in [-0.39, 0.29) is 12.5 Å². The van der Waals surface area contributed by atoms with Crippen LogP contribution in [0, 0.1) is 0 Å². The number of carbonyl (C=O) groups is 2. The smallest absolute Gasteiger partial charge is 0.324 e. The van der Waals surface area contributed by atoms with E-state index in [9.17, 15) is 9.59 Å². The number of aromatic nitrogens is 1. The number of hydrogen-bond donors (Lipinski definition) is 1. The Morgan fingerprint density at radius 1 is 1.29 bits per heavy atom. The lowest BCUT2D eigenvalue weighted by Gasteiger charge is -2.17. The fourth-order valence-corrected chi connectivity index (χ4v) is 2.66. The van der Waals surface area contributed by atoms with Gasteiger partial charge in [-0.2, -0.15) is 0 Å². The normalized spacial score (nSPS) is 17.4. The highest BCUT2D eigenvalue weighted by Gasteiger charge is 2.44. The summed E-state index contributed by atoms with van der Waals surface area (Å²) in [4.78, 5) is 29.7. The van der Waals surface area contributed by atoms with Crippen molar-refractivity contribution in [3.63, 3.8) is 0 Å². The van der Waals surface area contributed by atoms with E-state index in [4.69, 9.17) is 11.6 Å². The van der Waals surface area contributed by atoms with Crippen molar-refractivity contribution >= 4 is 34.4 Å². The molecule has 0 bridgehead atoms. The summed E-state index contributed by atoms with van der Waals surface area (Å²) in [6.45, 7) is 3.47. The predicted octanol–water partition coefficient (Wildman–Crippen LogP) is 2.72. The minimum atomic E-state index is -0.887. The Morgan fingerprint density at radius 3 is 2.71 bits per heavy atom. The molecule has 0 radical (unpaired) electrons. The molecule has 0 saturated carbocycles. The number of carbonyl (C=O) groups excluding carboxylic acids is 2. The number of pyridine rings is 1. The molecule has 21 heavy (non-hydrogen) atoms. The molecule has 0 unspecified atom stereocenters. The van der Waals surface area contributed by atoms with E-state index in [1.807, 2.05) is 18.2 Å². The van der Waals surface area contributed by atoms with Crippen molar-refractivity contribution in [3.8, 4) is 0 Å². The first kappa shape index (κ1) is 13.8. The van der Waals surface area contributed by atoms with Crippen LogP contribution in [-0.2, 0) is 11.3 Å². The van der Waals surface area contributed by atoms with Crippen molar-refractivity contribution in [1.29, 1.82) is 0 Å². The summed E-state index contributed by atoms with van der Waals surface area (Å²) in [5.41, 5.74) is 0.493. The first-order valence-electron chi connectivity index (χ1n) is 6.56. The van der Waals surface area contributed by atoms with Gasteiger partial charge in [0.1, 0.15) is 5.54 Å². The lowest BCUT2D eigenvalue weighted by molar-refractivity contribution is -0.130. The van der Waals surface area contributed by atoms with Gasteiger partial charge >= 0.3 is 6.03 Å². The Morgan fingerprint density at radius 2 is 2.05 bits per heavy atom. The molecule has 0 aliphatic carbocycles. The van der Waals surface area contributed by atoms with Crippen LogP contribution in [0.15, 0.2) is 30.5 Å². The minimum Gasteiger partial charge on any atom is -0.324 e. The number of nitrogens with one attached hydrogen (secondary N) is 1. The van der Waals surface area contributed by atoms with Crippen LogP contribution in [0.5, 0.6) is 0 Å². The first-order valence-corrected chi connectivity index (χ1v) is 6.94. The summed E-state index contributed by atoms with van der Waals surface area (Å²) in [5, 5.41) is 4.07. The van der Waals surface area contributed by atoms with Crippen molar-refractivity contribution < 1.29 is 9.59 Å². The number of nitrogens with zero attached hydrogens (tertiary/aromatic N) is 2. The number of hydrogen-bond acceptors (Lipinski definition) is 3. The first-order chi connectivity index (χ1) is 9.90. The fraction of sp³-hybridized carbons (Fsp3) is 0.267. The van der Waals surface area contributed by atoms with Gasteiger partial charge in [0.25, 0.3) is 5.91 Å². The molecule has 1 aliphatic rings. The van der Waals surface area contributed by atoms with Gasteiger partial charge in [-0.15, -0.1) is 0 Å². The van der Waals surface area contributed by atoms with E-state index in [1.54, 1.807) is 26.1 Å². The van der Waals surface area contributed by atoms with Crippen molar-refractivity contribution in [2.24, 2.45) is 0 Å².